The van der Waals surface area contributed by atoms with Gasteiger partial charge in [0, 0.05) is 35.7 Å². The third kappa shape index (κ3) is 4.87. The zero-order chi connectivity index (χ0) is 14.7. The summed E-state index contributed by atoms with van der Waals surface area (Å²) in [6.07, 6.45) is 0.0883. The van der Waals surface area contributed by atoms with Crippen LogP contribution in [0.1, 0.15) is 31.1 Å². The quantitative estimate of drug-likeness (QED) is 0.880. The molecule has 1 aliphatic rings. The number of amides is 1. The van der Waals surface area contributed by atoms with Crippen molar-refractivity contribution in [3.63, 3.8) is 0 Å². The fraction of sp³-hybridized carbons (Fsp3) is 0.533. The number of halogens is 2. The first kappa shape index (κ1) is 18.3. The Morgan fingerprint density at radius 3 is 2.76 bits per heavy atom. The second-order valence-electron chi connectivity index (χ2n) is 5.39. The van der Waals surface area contributed by atoms with E-state index in [0.717, 1.165) is 29.9 Å². The van der Waals surface area contributed by atoms with E-state index in [1.807, 2.05) is 36.9 Å². The van der Waals surface area contributed by atoms with Gasteiger partial charge in [-0.05, 0) is 39.0 Å². The van der Waals surface area contributed by atoms with Crippen LogP contribution in [0.15, 0.2) is 22.7 Å². The van der Waals surface area contributed by atoms with Crippen molar-refractivity contribution < 1.29 is 9.53 Å². The Kier molecular flexibility index (Phi) is 6.97. The van der Waals surface area contributed by atoms with Gasteiger partial charge in [-0.15, -0.1) is 12.4 Å². The van der Waals surface area contributed by atoms with Gasteiger partial charge in [0.2, 0.25) is 0 Å². The van der Waals surface area contributed by atoms with Gasteiger partial charge in [-0.1, -0.05) is 15.9 Å². The first-order chi connectivity index (χ1) is 9.47. The SMILES string of the molecule is CC(C)Oc1cc(Br)cc(C(=O)N2CCNC[C@H]2C)c1.Cl. The molecule has 1 aromatic rings. The number of rotatable bonds is 3. The summed E-state index contributed by atoms with van der Waals surface area (Å²) >= 11 is 3.45. The normalized spacial score (nSPS) is 18.3. The molecule has 4 nitrogen and oxygen atoms in total. The minimum atomic E-state index is 0. The maximum absolute atomic E-state index is 12.6. The maximum atomic E-state index is 12.6. The van der Waals surface area contributed by atoms with Gasteiger partial charge in [-0.3, -0.25) is 4.79 Å². The molecule has 0 spiro atoms. The molecule has 1 saturated heterocycles. The molecule has 1 aliphatic heterocycles. The molecule has 0 aromatic heterocycles. The smallest absolute Gasteiger partial charge is 0.254 e. The fourth-order valence-electron chi connectivity index (χ4n) is 2.33. The van der Waals surface area contributed by atoms with E-state index >= 15 is 0 Å². The van der Waals surface area contributed by atoms with Crippen molar-refractivity contribution in [2.75, 3.05) is 19.6 Å². The Morgan fingerprint density at radius 2 is 2.14 bits per heavy atom. The van der Waals surface area contributed by atoms with Crippen LogP contribution >= 0.6 is 28.3 Å². The molecule has 21 heavy (non-hydrogen) atoms. The van der Waals surface area contributed by atoms with Crippen LogP contribution in [0.5, 0.6) is 5.75 Å². The van der Waals surface area contributed by atoms with Crippen molar-refractivity contribution in [1.29, 1.82) is 0 Å². The number of hydrogen-bond acceptors (Lipinski definition) is 3. The summed E-state index contributed by atoms with van der Waals surface area (Å²) in [6, 6.07) is 5.77. The Hall–Kier alpha value is -0.780. The number of benzene rings is 1. The van der Waals surface area contributed by atoms with Crippen molar-refractivity contribution in [2.24, 2.45) is 0 Å². The number of ether oxygens (including phenoxy) is 1. The number of nitrogens with one attached hydrogen (secondary N) is 1. The maximum Gasteiger partial charge on any atom is 0.254 e. The van der Waals surface area contributed by atoms with E-state index in [1.165, 1.54) is 0 Å². The molecule has 0 radical (unpaired) electrons. The summed E-state index contributed by atoms with van der Waals surface area (Å²) < 4.78 is 6.55. The Balaban J connectivity index is 0.00000220. The average molecular weight is 378 g/mol. The molecule has 0 bridgehead atoms. The van der Waals surface area contributed by atoms with E-state index < -0.39 is 0 Å². The summed E-state index contributed by atoms with van der Waals surface area (Å²) in [6.45, 7) is 8.44. The third-order valence-electron chi connectivity index (χ3n) is 3.25. The molecule has 6 heteroatoms. The minimum Gasteiger partial charge on any atom is -0.491 e. The third-order valence-corrected chi connectivity index (χ3v) is 3.71. The van der Waals surface area contributed by atoms with E-state index in [2.05, 4.69) is 28.2 Å². The predicted molar refractivity (Wildman–Crippen MR) is 90.5 cm³/mol. The molecular weight excluding hydrogens is 356 g/mol. The Bertz CT molecular complexity index is 497. The Labute approximate surface area is 140 Å². The molecule has 1 atom stereocenters. The molecule has 1 aromatic carbocycles. The van der Waals surface area contributed by atoms with Crippen molar-refractivity contribution in [1.82, 2.24) is 10.2 Å². The van der Waals surface area contributed by atoms with Crippen LogP contribution in [-0.2, 0) is 0 Å². The topological polar surface area (TPSA) is 41.6 Å². The summed E-state index contributed by atoms with van der Waals surface area (Å²) in [4.78, 5) is 14.5. The first-order valence-electron chi connectivity index (χ1n) is 6.96. The van der Waals surface area contributed by atoms with Crippen molar-refractivity contribution >= 4 is 34.2 Å². The van der Waals surface area contributed by atoms with Crippen molar-refractivity contribution in [3.8, 4) is 5.75 Å². The lowest BCUT2D eigenvalue weighted by atomic mass is 10.1. The lowest BCUT2D eigenvalue weighted by molar-refractivity contribution is 0.0655. The second kappa shape index (κ2) is 8.01. The largest absolute Gasteiger partial charge is 0.491 e. The van der Waals surface area contributed by atoms with Crippen LogP contribution in [0.3, 0.4) is 0 Å². The minimum absolute atomic E-state index is 0. The lowest BCUT2D eigenvalue weighted by Crippen LogP contribution is -2.52. The molecule has 1 fully saturated rings. The average Bonchev–Trinajstić information content (AvgIpc) is 2.37. The monoisotopic (exact) mass is 376 g/mol. The summed E-state index contributed by atoms with van der Waals surface area (Å²) in [5.41, 5.74) is 0.670. The number of nitrogens with zero attached hydrogens (tertiary/aromatic N) is 1. The number of piperazine rings is 1. The van der Waals surface area contributed by atoms with E-state index in [-0.39, 0.29) is 30.5 Å². The van der Waals surface area contributed by atoms with E-state index in [0.29, 0.717) is 5.56 Å². The highest BCUT2D eigenvalue weighted by molar-refractivity contribution is 9.10. The van der Waals surface area contributed by atoms with Gasteiger partial charge >= 0.3 is 0 Å². The Morgan fingerprint density at radius 1 is 1.43 bits per heavy atom. The van der Waals surface area contributed by atoms with Crippen LogP contribution in [-0.4, -0.2) is 42.6 Å². The number of carbonyl (C=O) groups is 1. The standard InChI is InChI=1S/C15H21BrN2O2.ClH/c1-10(2)20-14-7-12(6-13(16)8-14)15(19)18-5-4-17-9-11(18)3;/h6-8,10-11,17H,4-5,9H2,1-3H3;1H/t11-;/m1./s1. The van der Waals surface area contributed by atoms with Crippen molar-refractivity contribution in [2.45, 2.75) is 32.9 Å². The molecule has 0 saturated carbocycles. The molecule has 118 valence electrons. The molecule has 1 amide bonds. The van der Waals surface area contributed by atoms with Gasteiger partial charge in [-0.2, -0.15) is 0 Å². The summed E-state index contributed by atoms with van der Waals surface area (Å²) in [5, 5.41) is 3.29. The van der Waals surface area contributed by atoms with E-state index in [1.54, 1.807) is 0 Å². The lowest BCUT2D eigenvalue weighted by Gasteiger charge is -2.34. The van der Waals surface area contributed by atoms with Crippen LogP contribution in [0, 0.1) is 0 Å². The fourth-order valence-corrected chi connectivity index (χ4v) is 2.81. The first-order valence-corrected chi connectivity index (χ1v) is 7.75. The highest BCUT2D eigenvalue weighted by Crippen LogP contribution is 2.24. The molecule has 0 unspecified atom stereocenters. The molecular formula is C15H22BrClN2O2. The zero-order valence-electron chi connectivity index (χ0n) is 12.6. The van der Waals surface area contributed by atoms with Crippen LogP contribution < -0.4 is 10.1 Å². The van der Waals surface area contributed by atoms with Gasteiger partial charge in [0.1, 0.15) is 5.75 Å². The van der Waals surface area contributed by atoms with Gasteiger partial charge in [0.25, 0.3) is 5.91 Å². The molecule has 0 aliphatic carbocycles. The highest BCUT2D eigenvalue weighted by Gasteiger charge is 2.24. The van der Waals surface area contributed by atoms with Gasteiger partial charge < -0.3 is 15.0 Å². The van der Waals surface area contributed by atoms with Crippen LogP contribution in [0.2, 0.25) is 0 Å². The number of hydrogen-bond donors (Lipinski definition) is 1. The van der Waals surface area contributed by atoms with Crippen LogP contribution in [0.4, 0.5) is 0 Å². The highest BCUT2D eigenvalue weighted by atomic mass is 79.9. The van der Waals surface area contributed by atoms with Crippen molar-refractivity contribution in [3.05, 3.63) is 28.2 Å². The molecule has 2 rings (SSSR count). The number of carbonyl (C=O) groups excluding carboxylic acids is 1. The molecule has 1 N–H and O–H groups in total. The van der Waals surface area contributed by atoms with E-state index in [4.69, 9.17) is 4.74 Å². The van der Waals surface area contributed by atoms with Gasteiger partial charge in [0.15, 0.2) is 0 Å². The summed E-state index contributed by atoms with van der Waals surface area (Å²) in [5.74, 6) is 0.786. The zero-order valence-corrected chi connectivity index (χ0v) is 15.0. The predicted octanol–water partition coefficient (Wildman–Crippen LogP) is 3.09. The van der Waals surface area contributed by atoms with Crippen LogP contribution in [0.25, 0.3) is 0 Å². The van der Waals surface area contributed by atoms with Gasteiger partial charge in [0.05, 0.1) is 6.10 Å². The molecule has 1 heterocycles. The summed E-state index contributed by atoms with van der Waals surface area (Å²) in [7, 11) is 0. The van der Waals surface area contributed by atoms with Gasteiger partial charge in [-0.25, -0.2) is 0 Å². The van der Waals surface area contributed by atoms with E-state index in [9.17, 15) is 4.79 Å². The second-order valence-corrected chi connectivity index (χ2v) is 6.31.